The van der Waals surface area contributed by atoms with Crippen LogP contribution < -0.4 is 11.0 Å². The first-order valence-electron chi connectivity index (χ1n) is 8.93. The molecule has 3 aliphatic rings. The molecule has 0 spiro atoms. The van der Waals surface area contributed by atoms with E-state index in [1.54, 1.807) is 9.13 Å². The van der Waals surface area contributed by atoms with Crippen molar-refractivity contribution in [1.29, 1.82) is 10.8 Å². The maximum absolute atomic E-state index is 12.7. The molecule has 1 aromatic heterocycles. The Balaban J connectivity index is 1.77. The molecule has 1 heterocycles. The van der Waals surface area contributed by atoms with Crippen LogP contribution >= 0.6 is 0 Å². The van der Waals surface area contributed by atoms with Gasteiger partial charge in [0.1, 0.15) is 5.84 Å². The minimum Gasteiger partial charge on any atom is -0.308 e. The first-order valence-corrected chi connectivity index (χ1v) is 8.93. The molecule has 3 saturated carbocycles. The van der Waals surface area contributed by atoms with Crippen molar-refractivity contribution in [1.82, 2.24) is 9.13 Å². The second kappa shape index (κ2) is 4.92. The quantitative estimate of drug-likeness (QED) is 0.650. The number of nitrogens with one attached hydrogen (secondary N) is 2. The van der Waals surface area contributed by atoms with E-state index < -0.39 is 0 Å². The highest BCUT2D eigenvalue weighted by Gasteiger charge is 2.57. The van der Waals surface area contributed by atoms with Gasteiger partial charge in [0.25, 0.3) is 5.56 Å². The maximum atomic E-state index is 12.7. The molecule has 1 aromatic rings. The van der Waals surface area contributed by atoms with Crippen LogP contribution in [0.2, 0.25) is 0 Å². The molecule has 3 aliphatic carbocycles. The standard InChI is InChI=1S/C18H26N4O/c1-11-12(2)22(17(20)18(8-9-18)14-6-7-14)15(19)16(23)21(11)10-13-4-3-5-13/h13-14,19-20H,3-10H2,1-2H3. The van der Waals surface area contributed by atoms with Gasteiger partial charge in [0.05, 0.1) is 0 Å². The van der Waals surface area contributed by atoms with Gasteiger partial charge in [0.15, 0.2) is 5.49 Å². The molecular weight excluding hydrogens is 288 g/mol. The fourth-order valence-corrected chi connectivity index (χ4v) is 4.17. The highest BCUT2D eigenvalue weighted by Crippen LogP contribution is 2.62. The summed E-state index contributed by atoms with van der Waals surface area (Å²) >= 11 is 0. The molecule has 0 saturated heterocycles. The molecule has 0 radical (unpaired) electrons. The molecule has 3 fully saturated rings. The van der Waals surface area contributed by atoms with Crippen molar-refractivity contribution in [2.45, 2.75) is 65.3 Å². The van der Waals surface area contributed by atoms with Crippen molar-refractivity contribution in [3.8, 4) is 0 Å². The molecule has 0 unspecified atom stereocenters. The van der Waals surface area contributed by atoms with Crippen LogP contribution in [0.5, 0.6) is 0 Å². The van der Waals surface area contributed by atoms with Gasteiger partial charge >= 0.3 is 0 Å². The highest BCUT2D eigenvalue weighted by atomic mass is 16.1. The second-order valence-corrected chi connectivity index (χ2v) is 7.85. The smallest absolute Gasteiger partial charge is 0.293 e. The Morgan fingerprint density at radius 3 is 2.30 bits per heavy atom. The van der Waals surface area contributed by atoms with Crippen LogP contribution in [-0.2, 0) is 6.54 Å². The predicted molar refractivity (Wildman–Crippen MR) is 88.9 cm³/mol. The molecule has 0 aliphatic heterocycles. The van der Waals surface area contributed by atoms with Crippen LogP contribution in [-0.4, -0.2) is 15.0 Å². The van der Waals surface area contributed by atoms with Crippen molar-refractivity contribution in [3.05, 3.63) is 27.2 Å². The lowest BCUT2D eigenvalue weighted by Crippen LogP contribution is -2.48. The summed E-state index contributed by atoms with van der Waals surface area (Å²) in [5.41, 5.74) is 1.53. The average molecular weight is 314 g/mol. The third-order valence-corrected chi connectivity index (χ3v) is 6.44. The fraction of sp³-hybridized carbons (Fsp3) is 0.722. The molecule has 0 bridgehead atoms. The van der Waals surface area contributed by atoms with Crippen LogP contribution in [0.25, 0.3) is 0 Å². The van der Waals surface area contributed by atoms with Gasteiger partial charge in [-0.3, -0.25) is 20.2 Å². The Kier molecular flexibility index (Phi) is 3.19. The molecule has 23 heavy (non-hydrogen) atoms. The lowest BCUT2D eigenvalue weighted by Gasteiger charge is -2.28. The van der Waals surface area contributed by atoms with Crippen LogP contribution in [0.3, 0.4) is 0 Å². The number of hydrogen-bond donors (Lipinski definition) is 2. The molecule has 5 nitrogen and oxygen atoms in total. The van der Waals surface area contributed by atoms with E-state index in [9.17, 15) is 4.79 Å². The van der Waals surface area contributed by atoms with Crippen LogP contribution in [0.4, 0.5) is 0 Å². The third kappa shape index (κ3) is 2.16. The van der Waals surface area contributed by atoms with Gasteiger partial charge in [-0.15, -0.1) is 0 Å². The number of hydrogen-bond acceptors (Lipinski definition) is 3. The van der Waals surface area contributed by atoms with E-state index >= 15 is 0 Å². The van der Waals surface area contributed by atoms with E-state index in [1.165, 1.54) is 32.1 Å². The summed E-state index contributed by atoms with van der Waals surface area (Å²) in [6.07, 6.45) is 8.13. The minimum atomic E-state index is -0.226. The molecule has 0 amide bonds. The highest BCUT2D eigenvalue weighted by molar-refractivity contribution is 5.91. The zero-order valence-electron chi connectivity index (χ0n) is 14.1. The normalized spacial score (nSPS) is 22.7. The van der Waals surface area contributed by atoms with Gasteiger partial charge in [0.2, 0.25) is 0 Å². The minimum absolute atomic E-state index is 0.0238. The van der Waals surface area contributed by atoms with Gasteiger partial charge < -0.3 is 4.57 Å². The van der Waals surface area contributed by atoms with Crippen molar-refractivity contribution < 1.29 is 0 Å². The summed E-state index contributed by atoms with van der Waals surface area (Å²) in [6, 6.07) is 0. The topological polar surface area (TPSA) is 74.6 Å². The molecule has 124 valence electrons. The molecular formula is C18H26N4O. The Morgan fingerprint density at radius 2 is 1.83 bits per heavy atom. The van der Waals surface area contributed by atoms with Crippen LogP contribution in [0.1, 0.15) is 56.3 Å². The SMILES string of the molecule is Cc1c(C)n(C(=N)C2(C3CC3)CC2)c(=N)c(=O)n1CC1CCC1. The first kappa shape index (κ1) is 14.9. The summed E-state index contributed by atoms with van der Waals surface area (Å²) in [6.45, 7) is 4.66. The largest absolute Gasteiger partial charge is 0.308 e. The number of nitrogens with zero attached hydrogens (tertiary/aromatic N) is 2. The van der Waals surface area contributed by atoms with E-state index in [4.69, 9.17) is 10.8 Å². The van der Waals surface area contributed by atoms with E-state index in [2.05, 4.69) is 0 Å². The predicted octanol–water partition coefficient (Wildman–Crippen LogP) is 2.56. The average Bonchev–Trinajstić information content (AvgIpc) is 3.35. The zero-order valence-corrected chi connectivity index (χ0v) is 14.1. The molecule has 0 aromatic carbocycles. The monoisotopic (exact) mass is 314 g/mol. The Labute approximate surface area is 136 Å². The van der Waals surface area contributed by atoms with E-state index in [0.717, 1.165) is 30.8 Å². The van der Waals surface area contributed by atoms with Gasteiger partial charge in [-0.05, 0) is 64.2 Å². The van der Waals surface area contributed by atoms with E-state index in [1.807, 2.05) is 13.8 Å². The molecule has 4 rings (SSSR count). The van der Waals surface area contributed by atoms with Gasteiger partial charge in [-0.1, -0.05) is 6.42 Å². The van der Waals surface area contributed by atoms with Gasteiger partial charge in [-0.25, -0.2) is 0 Å². The van der Waals surface area contributed by atoms with E-state index in [0.29, 0.717) is 17.7 Å². The Bertz CT molecular complexity index is 788. The first-order chi connectivity index (χ1) is 11.0. The Morgan fingerprint density at radius 1 is 1.17 bits per heavy atom. The number of aromatic nitrogens is 2. The van der Waals surface area contributed by atoms with Crippen molar-refractivity contribution in [3.63, 3.8) is 0 Å². The summed E-state index contributed by atoms with van der Waals surface area (Å²) in [7, 11) is 0. The van der Waals surface area contributed by atoms with Gasteiger partial charge in [-0.2, -0.15) is 0 Å². The maximum Gasteiger partial charge on any atom is 0.293 e. The molecule has 0 atom stereocenters. The lowest BCUT2D eigenvalue weighted by molar-refractivity contribution is 0.270. The Hall–Kier alpha value is -1.65. The lowest BCUT2D eigenvalue weighted by atomic mass is 9.85. The number of rotatable bonds is 4. The summed E-state index contributed by atoms with van der Waals surface area (Å²) < 4.78 is 3.42. The van der Waals surface area contributed by atoms with Crippen molar-refractivity contribution >= 4 is 5.84 Å². The second-order valence-electron chi connectivity index (χ2n) is 7.85. The van der Waals surface area contributed by atoms with Crippen LogP contribution in [0, 0.1) is 41.9 Å². The van der Waals surface area contributed by atoms with E-state index in [-0.39, 0.29) is 16.5 Å². The molecule has 5 heteroatoms. The van der Waals surface area contributed by atoms with Crippen molar-refractivity contribution in [2.75, 3.05) is 0 Å². The zero-order chi connectivity index (χ0) is 16.4. The van der Waals surface area contributed by atoms with Crippen molar-refractivity contribution in [2.24, 2.45) is 17.3 Å². The summed E-state index contributed by atoms with van der Waals surface area (Å²) in [4.78, 5) is 12.7. The summed E-state index contributed by atoms with van der Waals surface area (Å²) in [5.74, 6) is 1.69. The third-order valence-electron chi connectivity index (χ3n) is 6.44. The van der Waals surface area contributed by atoms with Gasteiger partial charge in [0, 0.05) is 23.3 Å². The fourth-order valence-electron chi connectivity index (χ4n) is 4.17. The molecule has 2 N–H and O–H groups in total. The van der Waals surface area contributed by atoms with Crippen LogP contribution in [0.15, 0.2) is 4.79 Å². The summed E-state index contributed by atoms with van der Waals surface area (Å²) in [5, 5.41) is 17.1.